The van der Waals surface area contributed by atoms with Crippen LogP contribution in [-0.4, -0.2) is 45.0 Å². The van der Waals surface area contributed by atoms with E-state index in [1.165, 1.54) is 0 Å². The first kappa shape index (κ1) is 15.8. The van der Waals surface area contributed by atoms with Gasteiger partial charge in [0.2, 0.25) is 0 Å². The molecule has 5 heteroatoms. The smallest absolute Gasteiger partial charge is 0.192 e. The summed E-state index contributed by atoms with van der Waals surface area (Å²) < 4.78 is 6.14. The fraction of sp³-hybridized carbons (Fsp3) is 0.923. The molecule has 1 rings (SSSR count). The largest absolute Gasteiger partial charge is 0.415 e. The van der Waals surface area contributed by atoms with Gasteiger partial charge in [-0.05, 0) is 24.6 Å². The summed E-state index contributed by atoms with van der Waals surface area (Å²) in [5.74, 6) is -0.0969. The zero-order valence-electron chi connectivity index (χ0n) is 12.2. The third-order valence-corrected chi connectivity index (χ3v) is 8.79. The molecule has 4 nitrogen and oxygen atoms in total. The number of ketones is 1. The van der Waals surface area contributed by atoms with Gasteiger partial charge in [0.25, 0.3) is 0 Å². The molecule has 1 fully saturated rings. The molecule has 0 saturated carbocycles. The molecule has 106 valence electrons. The molecule has 0 radical (unpaired) electrons. The van der Waals surface area contributed by atoms with E-state index < -0.39 is 8.32 Å². The monoisotopic (exact) mass is 273 g/mol. The maximum absolute atomic E-state index is 11.4. The Morgan fingerprint density at radius 3 is 2.56 bits per heavy atom. The van der Waals surface area contributed by atoms with Gasteiger partial charge >= 0.3 is 0 Å². The van der Waals surface area contributed by atoms with Crippen molar-refractivity contribution in [2.75, 3.05) is 19.8 Å². The molecule has 0 aromatic carbocycles. The van der Waals surface area contributed by atoms with Crippen molar-refractivity contribution in [1.29, 1.82) is 0 Å². The van der Waals surface area contributed by atoms with Crippen LogP contribution < -0.4 is 5.32 Å². The lowest BCUT2D eigenvalue weighted by atomic mass is 10.0. The van der Waals surface area contributed by atoms with Crippen molar-refractivity contribution in [2.24, 2.45) is 5.92 Å². The number of carbonyl (C=O) groups is 1. The van der Waals surface area contributed by atoms with Crippen molar-refractivity contribution in [2.45, 2.75) is 51.4 Å². The second-order valence-corrected chi connectivity index (χ2v) is 11.5. The third kappa shape index (κ3) is 3.88. The van der Waals surface area contributed by atoms with Gasteiger partial charge in [0.05, 0.1) is 0 Å². The summed E-state index contributed by atoms with van der Waals surface area (Å²) in [6.45, 7) is 12.1. The van der Waals surface area contributed by atoms with Crippen LogP contribution in [0.25, 0.3) is 0 Å². The van der Waals surface area contributed by atoms with E-state index >= 15 is 0 Å². The average molecular weight is 273 g/mol. The average Bonchev–Trinajstić information content (AvgIpc) is 2.72. The molecule has 0 aromatic rings. The summed E-state index contributed by atoms with van der Waals surface area (Å²) in [4.78, 5) is 11.4. The van der Waals surface area contributed by atoms with Crippen LogP contribution in [0.3, 0.4) is 0 Å². The lowest BCUT2D eigenvalue weighted by Gasteiger charge is -2.37. The summed E-state index contributed by atoms with van der Waals surface area (Å²) in [6.07, 6.45) is 0.786. The molecule has 0 aliphatic carbocycles. The van der Waals surface area contributed by atoms with Crippen molar-refractivity contribution in [3.8, 4) is 0 Å². The molecule has 2 N–H and O–H groups in total. The highest BCUT2D eigenvalue weighted by molar-refractivity contribution is 6.74. The summed E-state index contributed by atoms with van der Waals surface area (Å²) >= 11 is 0. The van der Waals surface area contributed by atoms with Crippen LogP contribution in [0.4, 0.5) is 0 Å². The van der Waals surface area contributed by atoms with E-state index in [0.29, 0.717) is 13.2 Å². The van der Waals surface area contributed by atoms with Crippen LogP contribution >= 0.6 is 0 Å². The maximum Gasteiger partial charge on any atom is 0.192 e. The Balaban J connectivity index is 2.41. The summed E-state index contributed by atoms with van der Waals surface area (Å²) in [6, 6.07) is 0.250. The molecule has 0 bridgehead atoms. The van der Waals surface area contributed by atoms with Crippen LogP contribution in [0.15, 0.2) is 0 Å². The minimum absolute atomic E-state index is 0.0389. The molecule has 1 aliphatic rings. The highest BCUT2D eigenvalue weighted by atomic mass is 28.4. The third-order valence-electron chi connectivity index (χ3n) is 4.28. The fourth-order valence-electron chi connectivity index (χ4n) is 1.85. The van der Waals surface area contributed by atoms with Crippen LogP contribution in [0.1, 0.15) is 27.2 Å². The van der Waals surface area contributed by atoms with Gasteiger partial charge in [-0.3, -0.25) is 4.79 Å². The predicted molar refractivity (Wildman–Crippen MR) is 75.1 cm³/mol. The minimum atomic E-state index is -1.70. The first-order valence-electron chi connectivity index (χ1n) is 6.68. The zero-order chi connectivity index (χ0) is 14.0. The van der Waals surface area contributed by atoms with Crippen molar-refractivity contribution < 1.29 is 14.3 Å². The number of rotatable bonds is 5. The Bertz CT molecular complexity index is 299. The number of nitrogens with one attached hydrogen (secondary N) is 1. The molecular formula is C13H27NO3Si. The summed E-state index contributed by atoms with van der Waals surface area (Å²) in [5, 5.41) is 12.4. The van der Waals surface area contributed by atoms with Crippen molar-refractivity contribution in [3.05, 3.63) is 0 Å². The number of hydrogen-bond donors (Lipinski definition) is 2. The topological polar surface area (TPSA) is 58.6 Å². The number of Topliss-reactive ketones (excluding diaryl/α,β-unsaturated/α-hetero) is 1. The Hall–Kier alpha value is -0.233. The maximum atomic E-state index is 11.4. The molecule has 0 amide bonds. The lowest BCUT2D eigenvalue weighted by molar-refractivity contribution is -0.125. The van der Waals surface area contributed by atoms with Crippen LogP contribution in [-0.2, 0) is 9.22 Å². The highest BCUT2D eigenvalue weighted by Gasteiger charge is 2.38. The standard InChI is InChI=1S/C13H27NO3Si/c1-13(2,3)18(4,5)17-9-11-6-10(7-14-11)12(16)8-15/h10-11,14-15H,6-9H2,1-5H3/t10-,11+/m1/s1. The van der Waals surface area contributed by atoms with E-state index in [2.05, 4.69) is 39.2 Å². The first-order valence-corrected chi connectivity index (χ1v) is 9.59. The van der Waals surface area contributed by atoms with Gasteiger partial charge in [0, 0.05) is 25.1 Å². The molecule has 0 unspecified atom stereocenters. The molecule has 1 saturated heterocycles. The van der Waals surface area contributed by atoms with Gasteiger partial charge in [0.1, 0.15) is 6.61 Å². The minimum Gasteiger partial charge on any atom is -0.415 e. The molecule has 1 heterocycles. The van der Waals surface area contributed by atoms with Gasteiger partial charge in [-0.15, -0.1) is 0 Å². The number of hydrogen-bond acceptors (Lipinski definition) is 4. The molecule has 0 spiro atoms. The van der Waals surface area contributed by atoms with Crippen LogP contribution in [0, 0.1) is 5.92 Å². The summed E-state index contributed by atoms with van der Waals surface area (Å²) in [5.41, 5.74) is 0. The van der Waals surface area contributed by atoms with Crippen LogP contribution in [0.5, 0.6) is 0 Å². The quantitative estimate of drug-likeness (QED) is 0.746. The van der Waals surface area contributed by atoms with E-state index in [0.717, 1.165) is 6.42 Å². The molecule has 1 aliphatic heterocycles. The Labute approximate surface area is 111 Å². The highest BCUT2D eigenvalue weighted by Crippen LogP contribution is 2.36. The number of carbonyl (C=O) groups excluding carboxylic acids is 1. The lowest BCUT2D eigenvalue weighted by Crippen LogP contribution is -2.43. The molecule has 2 atom stereocenters. The molecule has 0 aromatic heterocycles. The van der Waals surface area contributed by atoms with Crippen molar-refractivity contribution in [3.63, 3.8) is 0 Å². The van der Waals surface area contributed by atoms with Gasteiger partial charge in [-0.1, -0.05) is 20.8 Å². The van der Waals surface area contributed by atoms with E-state index in [9.17, 15) is 4.79 Å². The van der Waals surface area contributed by atoms with Gasteiger partial charge in [0.15, 0.2) is 14.1 Å². The molecule has 18 heavy (non-hydrogen) atoms. The first-order chi connectivity index (χ1) is 8.17. The molecular weight excluding hydrogens is 246 g/mol. The van der Waals surface area contributed by atoms with E-state index in [1.54, 1.807) is 0 Å². The summed E-state index contributed by atoms with van der Waals surface area (Å²) in [7, 11) is -1.70. The Morgan fingerprint density at radius 2 is 2.06 bits per heavy atom. The zero-order valence-corrected chi connectivity index (χ0v) is 13.2. The van der Waals surface area contributed by atoms with Crippen LogP contribution in [0.2, 0.25) is 18.1 Å². The Kier molecular flexibility index (Phi) is 5.11. The van der Waals surface area contributed by atoms with Gasteiger partial charge in [-0.2, -0.15) is 0 Å². The second-order valence-electron chi connectivity index (χ2n) is 6.73. The van der Waals surface area contributed by atoms with Crippen molar-refractivity contribution >= 4 is 14.1 Å². The van der Waals surface area contributed by atoms with Gasteiger partial charge in [-0.25, -0.2) is 0 Å². The fourth-order valence-corrected chi connectivity index (χ4v) is 2.90. The van der Waals surface area contributed by atoms with Gasteiger partial charge < -0.3 is 14.8 Å². The van der Waals surface area contributed by atoms with E-state index in [1.807, 2.05) is 0 Å². The van der Waals surface area contributed by atoms with Crippen molar-refractivity contribution in [1.82, 2.24) is 5.32 Å². The number of aliphatic hydroxyl groups is 1. The van der Waals surface area contributed by atoms with E-state index in [-0.39, 0.29) is 29.4 Å². The SMILES string of the molecule is CC(C)(C)[Si](C)(C)OC[C@@H]1C[C@@H](C(=O)CO)CN1. The Morgan fingerprint density at radius 1 is 1.44 bits per heavy atom. The predicted octanol–water partition coefficient (Wildman–Crippen LogP) is 1.55. The van der Waals surface area contributed by atoms with E-state index in [4.69, 9.17) is 9.53 Å². The second kappa shape index (κ2) is 5.82. The normalized spacial score (nSPS) is 25.4. The number of aliphatic hydroxyl groups excluding tert-OH is 1.